The van der Waals surface area contributed by atoms with Crippen LogP contribution in [0.15, 0.2) is 84.9 Å². The molecule has 3 aromatic carbocycles. The maximum absolute atomic E-state index is 14.3. The first-order chi connectivity index (χ1) is 53.6. The van der Waals surface area contributed by atoms with E-state index < -0.39 is 248 Å². The fraction of sp³-hybridized carbons (Fsp3) is 0.527. The fourth-order valence-electron chi connectivity index (χ4n) is 11.2. The molecule has 0 spiro atoms. The van der Waals surface area contributed by atoms with Crippen molar-refractivity contribution in [1.82, 2.24) is 69.1 Å². The van der Waals surface area contributed by atoms with Crippen molar-refractivity contribution in [3.8, 4) is 5.75 Å². The largest absolute Gasteiger partial charge is 0.508 e. The van der Waals surface area contributed by atoms with E-state index in [1.165, 1.54) is 52.0 Å². The topological polar surface area (TPSA) is 672 Å². The molecule has 3 rings (SSSR count). The summed E-state index contributed by atoms with van der Waals surface area (Å²) in [5, 5.41) is 91.8. The minimum Gasteiger partial charge on any atom is -0.508 e. The SMILES string of the molecule is CC(C)[C@H](NC(=O)[C@H](CO)NC(=O)[C@@H](NC(=O)[C@H](Cc1ccc(O)cc1)NC(=O)[C@@H](NC(=O)[C@@H](N)CCCCN)C(C)C)[C@@H](C)O)C(=O)N[C@H](C(=O)N[C@@H](CC(N)=O)C(=O)NCC(=O)N[C@@H](CCC(N)=O)C(=O)N[C@@H](Cc1ccccc1)C(=O)N[C@H](C(=O)N[C@@H](Cc1ccccc1)C(=O)N[C@@H](CC(=O)O)C(=O)O)[C@@H](C)O)C(C)C. The number of carbonyl (C=O) groups is 17. The number of aliphatic carboxylic acids is 2. The summed E-state index contributed by atoms with van der Waals surface area (Å²) in [5.74, 6) is -21.9. The van der Waals surface area contributed by atoms with Gasteiger partial charge in [-0.2, -0.15) is 0 Å². The third-order valence-electron chi connectivity index (χ3n) is 17.6. The van der Waals surface area contributed by atoms with Crippen LogP contribution in [0.2, 0.25) is 0 Å². The van der Waals surface area contributed by atoms with Crippen LogP contribution in [-0.4, -0.2) is 242 Å². The Kier molecular flexibility index (Phi) is 40.8. The Balaban J connectivity index is 1.82. The molecule has 0 aromatic heterocycles. The average molecular weight is 1600 g/mol. The standard InChI is InChI=1S/C74H109N17O23/c1-36(2)57(87-62(101)45(76)21-15-16-28-75)69(108)82-49(31-43-22-24-44(95)25-23-43)67(106)91-61(40(8)94)73(112)86-52(35-92)68(107)88-59(38(5)6)71(110)89-58(37(3)4)70(109)84-50(32-54(78)97)63(102)79-34-55(98)80-46(26-27-53(77)96)64(103)81-48(30-42-19-13-10-14-20-42)66(105)90-60(39(7)93)72(111)83-47(29-41-17-11-9-12-18-41)65(104)85-51(74(113)114)33-56(99)100/h9-14,17-20,22-25,36-40,45-52,57-61,92-95H,15-16,21,26-35,75-76H2,1-8H3,(H2,77,96)(H2,78,97)(H,79,102)(H,80,98)(H,81,103)(H,82,108)(H,83,111)(H,84,109)(H,85,104)(H,86,112)(H,87,101)(H,88,107)(H,89,110)(H,90,105)(H,91,106)(H,99,100)(H,113,114)/t39-,40-,45+,46+,47+,48+,49+,50+,51+,52+,57+,58+,59+,60+,61+/m1/s1. The Morgan fingerprint density at radius 3 is 1.14 bits per heavy atom. The zero-order valence-corrected chi connectivity index (χ0v) is 64.6. The molecule has 0 saturated carbocycles. The van der Waals surface area contributed by atoms with Crippen molar-refractivity contribution in [1.29, 1.82) is 0 Å². The van der Waals surface area contributed by atoms with Crippen molar-refractivity contribution in [3.05, 3.63) is 102 Å². The van der Waals surface area contributed by atoms with Crippen LogP contribution in [0.5, 0.6) is 5.75 Å². The molecule has 0 aliphatic heterocycles. The Labute approximate surface area is 657 Å². The summed E-state index contributed by atoms with van der Waals surface area (Å²) in [6, 6.07) is -0.179. The van der Waals surface area contributed by atoms with Gasteiger partial charge in [0.2, 0.25) is 88.6 Å². The van der Waals surface area contributed by atoms with E-state index in [9.17, 15) is 112 Å². The molecule has 114 heavy (non-hydrogen) atoms. The van der Waals surface area contributed by atoms with Gasteiger partial charge in [-0.15, -0.1) is 0 Å². The molecular formula is C74H109N17O23. The number of hydrogen-bond donors (Lipinski definition) is 23. The van der Waals surface area contributed by atoms with E-state index in [2.05, 4.69) is 69.1 Å². The van der Waals surface area contributed by atoms with E-state index in [1.807, 2.05) is 0 Å². The number of aromatic hydroxyl groups is 1. The van der Waals surface area contributed by atoms with E-state index in [0.29, 0.717) is 36.1 Å². The van der Waals surface area contributed by atoms with Crippen molar-refractivity contribution < 1.29 is 112 Å². The van der Waals surface area contributed by atoms with Crippen LogP contribution in [0.1, 0.15) is 117 Å². The molecular weight excluding hydrogens is 1490 g/mol. The van der Waals surface area contributed by atoms with E-state index in [0.717, 1.165) is 13.8 Å². The first kappa shape index (κ1) is 96.4. The van der Waals surface area contributed by atoms with Gasteiger partial charge in [-0.3, -0.25) is 76.7 Å². The summed E-state index contributed by atoms with van der Waals surface area (Å²) in [4.78, 5) is 229. The number of carbonyl (C=O) groups excluding carboxylic acids is 15. The second-order valence-corrected chi connectivity index (χ2v) is 28.3. The third kappa shape index (κ3) is 33.7. The Morgan fingerprint density at radius 2 is 0.737 bits per heavy atom. The molecule has 0 aliphatic rings. The van der Waals surface area contributed by atoms with Crippen molar-refractivity contribution in [2.24, 2.45) is 40.7 Å². The molecule has 27 N–H and O–H groups in total. The zero-order chi connectivity index (χ0) is 85.8. The maximum Gasteiger partial charge on any atom is 0.326 e. The summed E-state index contributed by atoms with van der Waals surface area (Å²) >= 11 is 0. The molecule has 0 heterocycles. The number of benzene rings is 3. The predicted octanol–water partition coefficient (Wildman–Crippen LogP) is -6.77. The Morgan fingerprint density at radius 1 is 0.377 bits per heavy atom. The monoisotopic (exact) mass is 1600 g/mol. The molecule has 0 aliphatic carbocycles. The molecule has 0 bridgehead atoms. The van der Waals surface area contributed by atoms with Gasteiger partial charge >= 0.3 is 11.9 Å². The highest BCUT2D eigenvalue weighted by Gasteiger charge is 2.40. The molecule has 40 heteroatoms. The highest BCUT2D eigenvalue weighted by atomic mass is 16.4. The van der Waals surface area contributed by atoms with Gasteiger partial charge in [0.25, 0.3) is 0 Å². The number of amides is 15. The van der Waals surface area contributed by atoms with Gasteiger partial charge in [0.1, 0.15) is 78.3 Å². The summed E-state index contributed by atoms with van der Waals surface area (Å²) < 4.78 is 0. The number of nitrogens with one attached hydrogen (secondary N) is 13. The van der Waals surface area contributed by atoms with Crippen LogP contribution in [0.25, 0.3) is 0 Å². The summed E-state index contributed by atoms with van der Waals surface area (Å²) in [6.07, 6.45) is -6.07. The number of primary amides is 2. The number of hydrogen-bond acceptors (Lipinski definition) is 23. The Bertz CT molecular complexity index is 3800. The smallest absolute Gasteiger partial charge is 0.326 e. The van der Waals surface area contributed by atoms with Gasteiger partial charge in [0.15, 0.2) is 0 Å². The average Bonchev–Trinajstić information content (AvgIpc) is 0.470. The van der Waals surface area contributed by atoms with Gasteiger partial charge in [0, 0.05) is 25.7 Å². The number of carboxylic acid groups (broad SMARTS) is 2. The van der Waals surface area contributed by atoms with Crippen molar-refractivity contribution in [2.75, 3.05) is 19.7 Å². The number of rotatable bonds is 50. The number of phenols is 1. The second-order valence-electron chi connectivity index (χ2n) is 28.3. The first-order valence-electron chi connectivity index (χ1n) is 36.8. The normalized spacial score (nSPS) is 15.1. The predicted molar refractivity (Wildman–Crippen MR) is 406 cm³/mol. The lowest BCUT2D eigenvalue weighted by Gasteiger charge is -2.30. The molecule has 0 radical (unpaired) electrons. The molecule has 40 nitrogen and oxygen atoms in total. The van der Waals surface area contributed by atoms with Crippen molar-refractivity contribution in [3.63, 3.8) is 0 Å². The number of aliphatic hydroxyl groups is 3. The molecule has 3 aromatic rings. The number of aliphatic hydroxyl groups excluding tert-OH is 3. The summed E-state index contributed by atoms with van der Waals surface area (Å²) in [5.41, 5.74) is 23.8. The second kappa shape index (κ2) is 48.2. The van der Waals surface area contributed by atoms with Gasteiger partial charge < -0.3 is 123 Å². The highest BCUT2D eigenvalue weighted by molar-refractivity contribution is 6.01. The maximum atomic E-state index is 14.3. The van der Waals surface area contributed by atoms with E-state index in [-0.39, 0.29) is 31.4 Å². The van der Waals surface area contributed by atoms with Crippen molar-refractivity contribution >= 4 is 101 Å². The quantitative estimate of drug-likeness (QED) is 0.0234. The van der Waals surface area contributed by atoms with E-state index >= 15 is 0 Å². The van der Waals surface area contributed by atoms with Crippen LogP contribution in [-0.2, 0) is 101 Å². The van der Waals surface area contributed by atoms with E-state index in [4.69, 9.17) is 22.9 Å². The molecule has 0 fully saturated rings. The fourth-order valence-corrected chi connectivity index (χ4v) is 11.2. The van der Waals surface area contributed by atoms with Crippen LogP contribution in [0.4, 0.5) is 0 Å². The van der Waals surface area contributed by atoms with Gasteiger partial charge in [0.05, 0.1) is 44.2 Å². The lowest BCUT2D eigenvalue weighted by molar-refractivity contribution is -0.147. The Hall–Kier alpha value is -11.8. The molecule has 15 atom stereocenters. The number of unbranched alkanes of at least 4 members (excludes halogenated alkanes) is 1. The molecule has 628 valence electrons. The number of carboxylic acids is 2. The van der Waals surface area contributed by atoms with Crippen molar-refractivity contribution in [2.45, 2.75) is 210 Å². The molecule has 0 unspecified atom stereocenters. The first-order valence-corrected chi connectivity index (χ1v) is 36.8. The zero-order valence-electron chi connectivity index (χ0n) is 64.6. The highest BCUT2D eigenvalue weighted by Crippen LogP contribution is 2.16. The molecule has 15 amide bonds. The third-order valence-corrected chi connectivity index (χ3v) is 17.6. The summed E-state index contributed by atoms with van der Waals surface area (Å²) in [7, 11) is 0. The minimum atomic E-state index is -1.95. The van der Waals surface area contributed by atoms with Gasteiger partial charge in [-0.1, -0.05) is 121 Å². The van der Waals surface area contributed by atoms with Crippen LogP contribution >= 0.6 is 0 Å². The van der Waals surface area contributed by atoms with Crippen LogP contribution in [0.3, 0.4) is 0 Å². The van der Waals surface area contributed by atoms with Crippen LogP contribution < -0.4 is 92.1 Å². The lowest BCUT2D eigenvalue weighted by atomic mass is 9.98. The lowest BCUT2D eigenvalue weighted by Crippen LogP contribution is -2.63. The minimum absolute atomic E-state index is 0.127. The van der Waals surface area contributed by atoms with Gasteiger partial charge in [-0.05, 0) is 86.2 Å². The van der Waals surface area contributed by atoms with Crippen LogP contribution in [0, 0.1) is 17.8 Å². The number of nitrogens with two attached hydrogens (primary N) is 4. The molecule has 0 saturated heterocycles. The summed E-state index contributed by atoms with van der Waals surface area (Å²) in [6.45, 7) is 9.52. The van der Waals surface area contributed by atoms with E-state index in [1.54, 1.807) is 74.5 Å². The van der Waals surface area contributed by atoms with Gasteiger partial charge in [-0.25, -0.2) is 4.79 Å². The number of phenolic OH excluding ortho intramolecular Hbond substituents is 1.